The molecule has 1 radical (unpaired) electrons. The summed E-state index contributed by atoms with van der Waals surface area (Å²) in [6, 6.07) is 29.5. The van der Waals surface area contributed by atoms with Crippen LogP contribution in [0.25, 0.3) is 44.6 Å². The van der Waals surface area contributed by atoms with Crippen LogP contribution >= 0.6 is 0 Å². The minimum Gasteiger partial charge on any atom is -0.486 e. The standard InChI is InChI=1S/C26H21N2O.C12H10N.Ir/c1-16-7-9-20(17(2)13-16)14-19-11-12-27-24(15-19)23-6-4-5-21-22-10-8-18(3)28-26(22)29-25(21)23;1-10-7-8-12(13-9-10)11-5-3-2-4-6-11;/h4-5,7-13,15H,14H2,1-3H3;2-5,7-9H,1H3;/q2*-1;/i1D3,2D3,3D3,14D2;1D3;. The molecule has 4 nitrogen and oxygen atoms in total. The maximum atomic E-state index is 8.90. The van der Waals surface area contributed by atoms with E-state index in [2.05, 4.69) is 27.1 Å². The fraction of sp³-hybridized carbons (Fsp3) is 0.132. The Morgan fingerprint density at radius 3 is 2.51 bits per heavy atom. The number of rotatable bonds is 4. The summed E-state index contributed by atoms with van der Waals surface area (Å²) < 4.78 is 115. The number of furan rings is 1. The van der Waals surface area contributed by atoms with Crippen molar-refractivity contribution < 1.29 is 43.7 Å². The van der Waals surface area contributed by atoms with Crippen LogP contribution in [0.2, 0.25) is 0 Å². The summed E-state index contributed by atoms with van der Waals surface area (Å²) in [5, 5.41) is 1.22. The minimum absolute atomic E-state index is 0. The number of benzene rings is 3. The van der Waals surface area contributed by atoms with Crippen LogP contribution in [0.5, 0.6) is 0 Å². The molecule has 43 heavy (non-hydrogen) atoms. The summed E-state index contributed by atoms with van der Waals surface area (Å²) in [5.74, 6) is 0. The number of pyridine rings is 3. The predicted octanol–water partition coefficient (Wildman–Crippen LogP) is 9.21. The molecule has 0 aliphatic heterocycles. The van der Waals surface area contributed by atoms with Crippen LogP contribution in [0, 0.1) is 39.5 Å². The summed E-state index contributed by atoms with van der Waals surface area (Å²) >= 11 is 0. The quantitative estimate of drug-likeness (QED) is 0.169. The van der Waals surface area contributed by atoms with Gasteiger partial charge in [-0.3, -0.25) is 0 Å². The Hall–Kier alpha value is -4.44. The fourth-order valence-electron chi connectivity index (χ4n) is 4.37. The van der Waals surface area contributed by atoms with Crippen molar-refractivity contribution in [3.8, 4) is 22.5 Å². The summed E-state index contributed by atoms with van der Waals surface area (Å²) in [6.45, 7) is -9.84. The van der Waals surface area contributed by atoms with Gasteiger partial charge in [0.15, 0.2) is 0 Å². The van der Waals surface area contributed by atoms with E-state index in [9.17, 15) is 0 Å². The molecule has 0 fully saturated rings. The monoisotopic (exact) mass is 752 g/mol. The van der Waals surface area contributed by atoms with Gasteiger partial charge >= 0.3 is 0 Å². The molecule has 0 saturated heterocycles. The first kappa shape index (κ1) is 17.0. The molecule has 0 spiro atoms. The maximum absolute atomic E-state index is 8.90. The number of fused-ring (bicyclic) bond motifs is 3. The van der Waals surface area contributed by atoms with E-state index in [1.807, 2.05) is 18.2 Å². The third-order valence-electron chi connectivity index (χ3n) is 6.36. The van der Waals surface area contributed by atoms with Crippen molar-refractivity contribution in [2.45, 2.75) is 33.8 Å². The Bertz CT molecular complexity index is 2510. The average Bonchev–Trinajstić information content (AvgIpc) is 3.52. The normalized spacial score (nSPS) is 17.0. The zero-order valence-corrected chi connectivity index (χ0v) is 24.8. The summed E-state index contributed by atoms with van der Waals surface area (Å²) in [7, 11) is 0. The van der Waals surface area contributed by atoms with Crippen LogP contribution in [-0.4, -0.2) is 15.0 Å². The van der Waals surface area contributed by atoms with E-state index < -0.39 is 39.3 Å². The van der Waals surface area contributed by atoms with E-state index in [1.165, 1.54) is 42.7 Å². The van der Waals surface area contributed by atoms with Gasteiger partial charge in [0, 0.05) is 62.8 Å². The van der Waals surface area contributed by atoms with Crippen LogP contribution in [0.3, 0.4) is 0 Å². The van der Waals surface area contributed by atoms with E-state index in [1.54, 1.807) is 36.4 Å². The summed E-state index contributed by atoms with van der Waals surface area (Å²) in [6.07, 6.45) is 0.421. The van der Waals surface area contributed by atoms with Gasteiger partial charge in [-0.2, -0.15) is 0 Å². The molecular formula is C38H31IrN3O-2. The van der Waals surface area contributed by atoms with Gasteiger partial charge in [-0.15, -0.1) is 54.1 Å². The van der Waals surface area contributed by atoms with Crippen molar-refractivity contribution in [1.82, 2.24) is 15.0 Å². The van der Waals surface area contributed by atoms with Gasteiger partial charge in [0.1, 0.15) is 0 Å². The van der Waals surface area contributed by atoms with Gasteiger partial charge in [0.25, 0.3) is 0 Å². The Balaban J connectivity index is 0.000000305. The number of aryl methyl sites for hydroxylation is 4. The van der Waals surface area contributed by atoms with Crippen molar-refractivity contribution in [2.75, 3.05) is 0 Å². The SMILES string of the molecule is [2H]C([2H])([2H])c1ccc(-c2[c-]cccc2)nc1.[2H]C([2H])([2H])c1ccc(C([2H])([2H])c2ccnc(-c3[c-]ccc4c3oc3nc(C([2H])([2H])[2H])ccc34)c2)c(C([2H])([2H])[2H])c1.[Ir]. The molecule has 0 unspecified atom stereocenters. The number of hydrogen-bond acceptors (Lipinski definition) is 4. The average molecular weight is 752 g/mol. The Kier molecular flexibility index (Phi) is 5.24. The van der Waals surface area contributed by atoms with Gasteiger partial charge in [-0.25, -0.2) is 4.98 Å². The molecule has 3 aromatic carbocycles. The molecule has 7 rings (SSSR count). The van der Waals surface area contributed by atoms with Crippen LogP contribution in [0.4, 0.5) is 0 Å². The first-order valence-corrected chi connectivity index (χ1v) is 12.9. The number of nitrogens with zero attached hydrogens (tertiary/aromatic N) is 3. The van der Waals surface area contributed by atoms with E-state index in [-0.39, 0.29) is 59.5 Å². The van der Waals surface area contributed by atoms with E-state index in [4.69, 9.17) is 23.6 Å². The Morgan fingerprint density at radius 1 is 0.791 bits per heavy atom. The largest absolute Gasteiger partial charge is 0.486 e. The molecule has 215 valence electrons. The smallest absolute Gasteiger partial charge is 0.216 e. The van der Waals surface area contributed by atoms with Crippen molar-refractivity contribution in [3.63, 3.8) is 0 Å². The number of hydrogen-bond donors (Lipinski definition) is 0. The van der Waals surface area contributed by atoms with Gasteiger partial charge in [-0.1, -0.05) is 52.9 Å². The Morgan fingerprint density at radius 2 is 1.72 bits per heavy atom. The van der Waals surface area contributed by atoms with Crippen LogP contribution in [-0.2, 0) is 26.5 Å². The summed E-state index contributed by atoms with van der Waals surface area (Å²) in [4.78, 5) is 12.6. The second-order valence-electron chi connectivity index (χ2n) is 9.27. The van der Waals surface area contributed by atoms with Gasteiger partial charge in [0.2, 0.25) is 5.71 Å². The fourth-order valence-corrected chi connectivity index (χ4v) is 4.37. The molecule has 5 heteroatoms. The molecule has 0 bridgehead atoms. The molecule has 0 N–H and O–H groups in total. The molecule has 0 saturated carbocycles. The topological polar surface area (TPSA) is 51.8 Å². The van der Waals surface area contributed by atoms with Gasteiger partial charge in [-0.05, 0) is 85.6 Å². The van der Waals surface area contributed by atoms with Crippen LogP contribution in [0.15, 0.2) is 108 Å². The molecule has 0 amide bonds. The zero-order valence-electron chi connectivity index (χ0n) is 36.4. The maximum Gasteiger partial charge on any atom is 0.216 e. The molecule has 0 atom stereocenters. The molecule has 4 heterocycles. The van der Waals surface area contributed by atoms with Crippen molar-refractivity contribution in [3.05, 3.63) is 149 Å². The van der Waals surface area contributed by atoms with E-state index >= 15 is 0 Å². The second kappa shape index (κ2) is 13.2. The van der Waals surface area contributed by atoms with Crippen LogP contribution in [0.1, 0.15) is 52.7 Å². The first-order chi connectivity index (χ1) is 26.0. The Labute approximate surface area is 285 Å². The zero-order chi connectivity index (χ0) is 40.8. The second-order valence-corrected chi connectivity index (χ2v) is 9.27. The third kappa shape index (κ3) is 6.80. The van der Waals surface area contributed by atoms with Gasteiger partial charge in [0.05, 0.1) is 5.58 Å². The molecular weight excluding hydrogens is 707 g/mol. The van der Waals surface area contributed by atoms with Gasteiger partial charge < -0.3 is 14.4 Å². The van der Waals surface area contributed by atoms with Crippen LogP contribution < -0.4 is 0 Å². The van der Waals surface area contributed by atoms with Crippen molar-refractivity contribution in [2.24, 2.45) is 0 Å². The molecule has 7 aromatic rings. The van der Waals surface area contributed by atoms with Crippen molar-refractivity contribution >= 4 is 22.1 Å². The third-order valence-corrected chi connectivity index (χ3v) is 6.36. The van der Waals surface area contributed by atoms with E-state index in [0.29, 0.717) is 21.9 Å². The van der Waals surface area contributed by atoms with E-state index in [0.717, 1.165) is 17.3 Å². The minimum atomic E-state index is -2.77. The van der Waals surface area contributed by atoms with Crippen molar-refractivity contribution in [1.29, 1.82) is 0 Å². The number of aromatic nitrogens is 3. The summed E-state index contributed by atoms with van der Waals surface area (Å²) in [5.41, 5.74) is 2.11. The molecule has 0 aliphatic carbocycles. The molecule has 0 aliphatic rings. The molecule has 4 aromatic heterocycles. The first-order valence-electron chi connectivity index (χ1n) is 19.9. The predicted molar refractivity (Wildman–Crippen MR) is 170 cm³/mol.